The fraction of sp³-hybridized carbons (Fsp3) is 0.421. The van der Waals surface area contributed by atoms with Gasteiger partial charge in [-0.15, -0.1) is 11.3 Å². The Bertz CT molecular complexity index is 723. The summed E-state index contributed by atoms with van der Waals surface area (Å²) in [5.74, 6) is -0.465. The zero-order valence-corrected chi connectivity index (χ0v) is 15.9. The topological polar surface area (TPSA) is 59.5 Å². The third-order valence-corrected chi connectivity index (χ3v) is 4.67. The maximum Gasteiger partial charge on any atom is 0.357 e. The normalized spacial score (nSPS) is 10.8. The highest BCUT2D eigenvalue weighted by Gasteiger charge is 2.21. The van der Waals surface area contributed by atoms with Crippen molar-refractivity contribution in [1.29, 1.82) is 0 Å². The van der Waals surface area contributed by atoms with Gasteiger partial charge in [-0.2, -0.15) is 0 Å². The summed E-state index contributed by atoms with van der Waals surface area (Å²) in [4.78, 5) is 30.6. The van der Waals surface area contributed by atoms with Crippen molar-refractivity contribution in [2.75, 3.05) is 6.61 Å². The van der Waals surface area contributed by atoms with Gasteiger partial charge in [-0.1, -0.05) is 19.1 Å². The van der Waals surface area contributed by atoms with Gasteiger partial charge in [0.2, 0.25) is 0 Å². The van der Waals surface area contributed by atoms with Crippen LogP contribution in [0.1, 0.15) is 59.1 Å². The number of ether oxygens (including phenoxy) is 1. The average Bonchev–Trinajstić information content (AvgIpc) is 3.08. The highest BCUT2D eigenvalue weighted by molar-refractivity contribution is 7.09. The lowest BCUT2D eigenvalue weighted by Crippen LogP contribution is -2.36. The molecule has 25 heavy (non-hydrogen) atoms. The molecule has 0 saturated carbocycles. The molecule has 1 heterocycles. The molecule has 0 N–H and O–H groups in total. The van der Waals surface area contributed by atoms with Crippen molar-refractivity contribution < 1.29 is 14.3 Å². The van der Waals surface area contributed by atoms with Gasteiger partial charge in [0.1, 0.15) is 5.01 Å². The summed E-state index contributed by atoms with van der Waals surface area (Å²) in [7, 11) is 0. The van der Waals surface area contributed by atoms with Gasteiger partial charge in [-0.05, 0) is 44.9 Å². The number of benzene rings is 1. The number of hydrogen-bond donors (Lipinski definition) is 0. The average molecular weight is 360 g/mol. The summed E-state index contributed by atoms with van der Waals surface area (Å²) in [6.45, 7) is 8.47. The number of carbonyl (C=O) groups is 2. The number of esters is 1. The highest BCUT2D eigenvalue weighted by atomic mass is 32.1. The van der Waals surface area contributed by atoms with Crippen LogP contribution in [0.4, 0.5) is 0 Å². The standard InChI is InChI=1S/C19H24N2O3S/c1-5-14-7-9-15(10-8-14)18(22)21(13(3)4)11-17-20-16(12-25-17)19(23)24-6-2/h7-10,12-13H,5-6,11H2,1-4H3. The van der Waals surface area contributed by atoms with Crippen molar-refractivity contribution in [3.63, 3.8) is 0 Å². The lowest BCUT2D eigenvalue weighted by Gasteiger charge is -2.26. The molecule has 0 aliphatic rings. The predicted octanol–water partition coefficient (Wildman–Crippen LogP) is 3.93. The first-order chi connectivity index (χ1) is 12.0. The molecule has 6 heteroatoms. The predicted molar refractivity (Wildman–Crippen MR) is 98.9 cm³/mol. The van der Waals surface area contributed by atoms with Crippen LogP contribution in [0.15, 0.2) is 29.6 Å². The number of amides is 1. The van der Waals surface area contributed by atoms with E-state index < -0.39 is 5.97 Å². The van der Waals surface area contributed by atoms with E-state index in [1.54, 1.807) is 17.2 Å². The number of hydrogen-bond acceptors (Lipinski definition) is 5. The Kier molecular flexibility index (Phi) is 6.70. The first kappa shape index (κ1) is 19.1. The number of aryl methyl sites for hydroxylation is 1. The summed E-state index contributed by atoms with van der Waals surface area (Å²) in [5, 5.41) is 2.39. The summed E-state index contributed by atoms with van der Waals surface area (Å²) >= 11 is 1.36. The highest BCUT2D eigenvalue weighted by Crippen LogP contribution is 2.18. The third-order valence-electron chi connectivity index (χ3n) is 3.84. The SMILES string of the molecule is CCOC(=O)c1csc(CN(C(=O)c2ccc(CC)cc2)C(C)C)n1. The zero-order valence-electron chi connectivity index (χ0n) is 15.1. The Balaban J connectivity index is 2.15. The Morgan fingerprint density at radius 3 is 2.44 bits per heavy atom. The zero-order chi connectivity index (χ0) is 18.4. The van der Waals surface area contributed by atoms with E-state index in [4.69, 9.17) is 4.74 Å². The minimum atomic E-state index is -0.428. The van der Waals surface area contributed by atoms with E-state index in [0.29, 0.717) is 24.4 Å². The van der Waals surface area contributed by atoms with E-state index in [9.17, 15) is 9.59 Å². The molecule has 2 aromatic rings. The molecule has 0 radical (unpaired) electrons. The molecule has 0 aliphatic carbocycles. The van der Waals surface area contributed by atoms with Crippen molar-refractivity contribution in [2.24, 2.45) is 0 Å². The van der Waals surface area contributed by atoms with Crippen LogP contribution in [0, 0.1) is 0 Å². The molecule has 0 bridgehead atoms. The quantitative estimate of drug-likeness (QED) is 0.702. The van der Waals surface area contributed by atoms with E-state index in [1.165, 1.54) is 16.9 Å². The molecule has 1 amide bonds. The smallest absolute Gasteiger partial charge is 0.357 e. The van der Waals surface area contributed by atoms with Crippen LogP contribution in [0.25, 0.3) is 0 Å². The van der Waals surface area contributed by atoms with Crippen molar-refractivity contribution in [3.8, 4) is 0 Å². The molecule has 0 atom stereocenters. The van der Waals surface area contributed by atoms with Gasteiger partial charge in [0, 0.05) is 17.0 Å². The van der Waals surface area contributed by atoms with E-state index in [0.717, 1.165) is 11.4 Å². The fourth-order valence-electron chi connectivity index (χ4n) is 2.37. The first-order valence-corrected chi connectivity index (χ1v) is 9.35. The van der Waals surface area contributed by atoms with Crippen LogP contribution in [0.2, 0.25) is 0 Å². The van der Waals surface area contributed by atoms with E-state index in [-0.39, 0.29) is 11.9 Å². The van der Waals surface area contributed by atoms with Gasteiger partial charge in [0.15, 0.2) is 5.69 Å². The number of aromatic nitrogens is 1. The van der Waals surface area contributed by atoms with Crippen molar-refractivity contribution >= 4 is 23.2 Å². The molecule has 0 unspecified atom stereocenters. The van der Waals surface area contributed by atoms with Crippen LogP contribution in [-0.4, -0.2) is 34.4 Å². The van der Waals surface area contributed by atoms with Gasteiger partial charge < -0.3 is 9.64 Å². The summed E-state index contributed by atoms with van der Waals surface area (Å²) < 4.78 is 4.96. The minimum absolute atomic E-state index is 0.0216. The molecule has 0 aliphatic heterocycles. The molecular formula is C19H24N2O3S. The summed E-state index contributed by atoms with van der Waals surface area (Å²) in [6, 6.07) is 7.71. The van der Waals surface area contributed by atoms with Crippen molar-refractivity contribution in [3.05, 3.63) is 51.5 Å². The lowest BCUT2D eigenvalue weighted by molar-refractivity contribution is 0.0520. The van der Waals surface area contributed by atoms with Gasteiger partial charge >= 0.3 is 5.97 Å². The van der Waals surface area contributed by atoms with Crippen LogP contribution >= 0.6 is 11.3 Å². The molecule has 0 fully saturated rings. The molecule has 5 nitrogen and oxygen atoms in total. The van der Waals surface area contributed by atoms with E-state index >= 15 is 0 Å². The van der Waals surface area contributed by atoms with E-state index in [1.807, 2.05) is 38.1 Å². The number of rotatable bonds is 7. The second kappa shape index (κ2) is 8.76. The first-order valence-electron chi connectivity index (χ1n) is 8.47. The Labute approximate surface area is 152 Å². The number of thiazole rings is 1. The van der Waals surface area contributed by atoms with Crippen LogP contribution < -0.4 is 0 Å². The van der Waals surface area contributed by atoms with Crippen molar-refractivity contribution in [2.45, 2.75) is 46.7 Å². The molecule has 0 spiro atoms. The number of nitrogens with zero attached hydrogens (tertiary/aromatic N) is 2. The van der Waals surface area contributed by atoms with Crippen LogP contribution in [-0.2, 0) is 17.7 Å². The molecule has 1 aromatic carbocycles. The molecule has 1 aromatic heterocycles. The Hall–Kier alpha value is -2.21. The van der Waals surface area contributed by atoms with Gasteiger partial charge in [0.25, 0.3) is 5.91 Å². The maximum atomic E-state index is 12.8. The second-order valence-electron chi connectivity index (χ2n) is 5.92. The minimum Gasteiger partial charge on any atom is -0.461 e. The van der Waals surface area contributed by atoms with Crippen LogP contribution in [0.3, 0.4) is 0 Å². The van der Waals surface area contributed by atoms with Crippen molar-refractivity contribution in [1.82, 2.24) is 9.88 Å². The molecule has 0 saturated heterocycles. The van der Waals surface area contributed by atoms with Gasteiger partial charge in [-0.3, -0.25) is 4.79 Å². The Morgan fingerprint density at radius 1 is 1.20 bits per heavy atom. The Morgan fingerprint density at radius 2 is 1.88 bits per heavy atom. The number of carbonyl (C=O) groups excluding carboxylic acids is 2. The molecule has 134 valence electrons. The summed E-state index contributed by atoms with van der Waals surface area (Å²) in [6.07, 6.45) is 0.943. The largest absolute Gasteiger partial charge is 0.461 e. The maximum absolute atomic E-state index is 12.8. The van der Waals surface area contributed by atoms with E-state index in [2.05, 4.69) is 11.9 Å². The summed E-state index contributed by atoms with van der Waals surface area (Å²) in [5.41, 5.74) is 2.16. The fourth-order valence-corrected chi connectivity index (χ4v) is 3.13. The van der Waals surface area contributed by atoms with Gasteiger partial charge in [0.05, 0.1) is 13.2 Å². The molecule has 2 rings (SSSR count). The second-order valence-corrected chi connectivity index (χ2v) is 6.87. The monoisotopic (exact) mass is 360 g/mol. The van der Waals surface area contributed by atoms with Gasteiger partial charge in [-0.25, -0.2) is 9.78 Å². The lowest BCUT2D eigenvalue weighted by atomic mass is 10.1. The third kappa shape index (κ3) is 4.89. The van der Waals surface area contributed by atoms with Crippen LogP contribution in [0.5, 0.6) is 0 Å². The molecular weight excluding hydrogens is 336 g/mol.